The molecule has 3 unspecified atom stereocenters. The summed E-state index contributed by atoms with van der Waals surface area (Å²) in [6.45, 7) is 12.7. The molecule has 7 heteroatoms. The van der Waals surface area contributed by atoms with Crippen molar-refractivity contribution < 1.29 is 9.53 Å². The lowest BCUT2D eigenvalue weighted by molar-refractivity contribution is -0.178. The number of carbonyl (C=O) groups excluding carboxylic acids is 1. The summed E-state index contributed by atoms with van der Waals surface area (Å²) in [5, 5.41) is 0. The number of nitrogens with zero attached hydrogens (tertiary/aromatic N) is 2. The molecule has 0 bridgehead atoms. The number of carbonyl (C=O) groups is 1. The third kappa shape index (κ3) is 4.18. The summed E-state index contributed by atoms with van der Waals surface area (Å²) in [7, 11) is 2.14. The number of likely N-dealkylation sites (tertiary alicyclic amines) is 1. The van der Waals surface area contributed by atoms with Crippen LogP contribution in [-0.4, -0.2) is 67.2 Å². The van der Waals surface area contributed by atoms with Crippen LogP contribution in [0.4, 0.5) is 0 Å². The summed E-state index contributed by atoms with van der Waals surface area (Å²) in [6, 6.07) is 0. The highest BCUT2D eigenvalue weighted by atomic mass is 35.5. The quantitative estimate of drug-likeness (QED) is 0.763. The molecule has 24 heavy (non-hydrogen) atoms. The molecular formula is C17H35Cl2N3O2. The first-order chi connectivity index (χ1) is 10.3. The zero-order valence-electron chi connectivity index (χ0n) is 15.7. The molecule has 1 aliphatic heterocycles. The average Bonchev–Trinajstić information content (AvgIpc) is 2.94. The zero-order chi connectivity index (χ0) is 16.5. The standard InChI is InChI=1S/C17H33N3O2.2ClH/c1-6-19(5)11-13-8-9-20(12-13)15(21)17(18)10-14(22-7-2)16(17,3)4;;/h13-14H,6-12,18H2,1-5H3;2*1H. The molecule has 5 nitrogen and oxygen atoms in total. The van der Waals surface area contributed by atoms with Crippen LogP contribution in [0, 0.1) is 11.3 Å². The fourth-order valence-electron chi connectivity index (χ4n) is 3.82. The van der Waals surface area contributed by atoms with Crippen LogP contribution in [0.5, 0.6) is 0 Å². The molecule has 1 aliphatic carbocycles. The maximum Gasteiger partial charge on any atom is 0.243 e. The summed E-state index contributed by atoms with van der Waals surface area (Å²) in [6.07, 6.45) is 1.82. The van der Waals surface area contributed by atoms with E-state index in [1.807, 2.05) is 11.8 Å². The topological polar surface area (TPSA) is 58.8 Å². The van der Waals surface area contributed by atoms with Crippen LogP contribution in [-0.2, 0) is 9.53 Å². The first-order valence-corrected chi connectivity index (χ1v) is 8.64. The van der Waals surface area contributed by atoms with Crippen molar-refractivity contribution in [1.29, 1.82) is 0 Å². The molecule has 0 radical (unpaired) electrons. The third-order valence-corrected chi connectivity index (χ3v) is 5.89. The van der Waals surface area contributed by atoms with E-state index in [-0.39, 0.29) is 42.2 Å². The van der Waals surface area contributed by atoms with Crippen LogP contribution < -0.4 is 5.73 Å². The van der Waals surface area contributed by atoms with E-state index in [0.717, 1.165) is 32.6 Å². The van der Waals surface area contributed by atoms with Gasteiger partial charge in [0.05, 0.1) is 6.10 Å². The van der Waals surface area contributed by atoms with E-state index in [1.54, 1.807) is 0 Å². The summed E-state index contributed by atoms with van der Waals surface area (Å²) >= 11 is 0. The second kappa shape index (κ2) is 9.04. The first-order valence-electron chi connectivity index (χ1n) is 8.64. The minimum absolute atomic E-state index is 0. The van der Waals surface area contributed by atoms with Crippen molar-refractivity contribution in [3.63, 3.8) is 0 Å². The largest absolute Gasteiger partial charge is 0.378 e. The predicted molar refractivity (Wildman–Crippen MR) is 103 cm³/mol. The van der Waals surface area contributed by atoms with Crippen LogP contribution in [0.2, 0.25) is 0 Å². The molecule has 2 fully saturated rings. The van der Waals surface area contributed by atoms with E-state index in [2.05, 4.69) is 32.7 Å². The van der Waals surface area contributed by atoms with Gasteiger partial charge in [-0.05, 0) is 32.9 Å². The molecule has 0 aromatic heterocycles. The van der Waals surface area contributed by atoms with E-state index in [9.17, 15) is 4.79 Å². The highest BCUT2D eigenvalue weighted by Crippen LogP contribution is 2.50. The minimum atomic E-state index is -0.765. The molecule has 1 heterocycles. The molecule has 144 valence electrons. The van der Waals surface area contributed by atoms with Crippen LogP contribution in [0.3, 0.4) is 0 Å². The van der Waals surface area contributed by atoms with Crippen molar-refractivity contribution in [1.82, 2.24) is 9.80 Å². The zero-order valence-corrected chi connectivity index (χ0v) is 17.3. The van der Waals surface area contributed by atoms with Crippen LogP contribution >= 0.6 is 24.8 Å². The van der Waals surface area contributed by atoms with Crippen molar-refractivity contribution in [3.8, 4) is 0 Å². The lowest BCUT2D eigenvalue weighted by atomic mass is 9.54. The van der Waals surface area contributed by atoms with Crippen LogP contribution in [0.1, 0.15) is 40.5 Å². The van der Waals surface area contributed by atoms with Gasteiger partial charge in [-0.25, -0.2) is 0 Å². The van der Waals surface area contributed by atoms with Gasteiger partial charge in [0.2, 0.25) is 5.91 Å². The Morgan fingerprint density at radius 3 is 2.46 bits per heavy atom. The Balaban J connectivity index is 0.00000264. The molecule has 0 spiro atoms. The van der Waals surface area contributed by atoms with Gasteiger partial charge < -0.3 is 20.3 Å². The molecule has 1 amide bonds. The average molecular weight is 384 g/mol. The summed E-state index contributed by atoms with van der Waals surface area (Å²) in [5.41, 5.74) is 5.46. The van der Waals surface area contributed by atoms with E-state index in [4.69, 9.17) is 10.5 Å². The van der Waals surface area contributed by atoms with Gasteiger partial charge in [-0.3, -0.25) is 4.79 Å². The number of hydrogen-bond donors (Lipinski definition) is 1. The van der Waals surface area contributed by atoms with Gasteiger partial charge in [0, 0.05) is 38.1 Å². The van der Waals surface area contributed by atoms with Crippen molar-refractivity contribution in [2.75, 3.05) is 39.8 Å². The normalized spacial score (nSPS) is 31.2. The number of nitrogens with two attached hydrogens (primary N) is 1. The third-order valence-electron chi connectivity index (χ3n) is 5.89. The molecule has 2 aliphatic rings. The number of amides is 1. The first kappa shape index (κ1) is 23.9. The highest BCUT2D eigenvalue weighted by Gasteiger charge is 2.64. The Bertz CT molecular complexity index is 423. The van der Waals surface area contributed by atoms with E-state index in [0.29, 0.717) is 18.9 Å². The number of hydrogen-bond acceptors (Lipinski definition) is 4. The number of ether oxygens (including phenoxy) is 1. The van der Waals surface area contributed by atoms with Gasteiger partial charge in [-0.2, -0.15) is 0 Å². The maximum atomic E-state index is 12.9. The highest BCUT2D eigenvalue weighted by molar-refractivity contribution is 5.89. The van der Waals surface area contributed by atoms with Gasteiger partial charge in [0.15, 0.2) is 0 Å². The van der Waals surface area contributed by atoms with E-state index >= 15 is 0 Å². The van der Waals surface area contributed by atoms with Crippen molar-refractivity contribution in [3.05, 3.63) is 0 Å². The molecular weight excluding hydrogens is 349 g/mol. The van der Waals surface area contributed by atoms with Crippen molar-refractivity contribution >= 4 is 30.7 Å². The van der Waals surface area contributed by atoms with Gasteiger partial charge >= 0.3 is 0 Å². The summed E-state index contributed by atoms with van der Waals surface area (Å²) < 4.78 is 5.73. The second-order valence-electron chi connectivity index (χ2n) is 7.60. The smallest absolute Gasteiger partial charge is 0.243 e. The molecule has 2 rings (SSSR count). The maximum absolute atomic E-state index is 12.9. The van der Waals surface area contributed by atoms with Gasteiger partial charge in [0.1, 0.15) is 5.54 Å². The lowest BCUT2D eigenvalue weighted by Crippen LogP contribution is -2.75. The second-order valence-corrected chi connectivity index (χ2v) is 7.60. The van der Waals surface area contributed by atoms with Crippen LogP contribution in [0.15, 0.2) is 0 Å². The Morgan fingerprint density at radius 2 is 1.96 bits per heavy atom. The summed E-state index contributed by atoms with van der Waals surface area (Å²) in [5.74, 6) is 0.693. The summed E-state index contributed by atoms with van der Waals surface area (Å²) in [4.78, 5) is 17.2. The molecule has 0 aromatic carbocycles. The molecule has 2 N–H and O–H groups in total. The Morgan fingerprint density at radius 1 is 1.33 bits per heavy atom. The Hall–Kier alpha value is -0.0700. The fourth-order valence-corrected chi connectivity index (χ4v) is 3.82. The van der Waals surface area contributed by atoms with Crippen molar-refractivity contribution in [2.24, 2.45) is 17.1 Å². The number of rotatable bonds is 6. The molecule has 1 saturated heterocycles. The monoisotopic (exact) mass is 383 g/mol. The SMILES string of the molecule is CCOC1CC(N)(C(=O)N2CCC(CN(C)CC)C2)C1(C)C.Cl.Cl. The fraction of sp³-hybridized carbons (Fsp3) is 0.941. The molecule has 0 aromatic rings. The van der Waals surface area contributed by atoms with Gasteiger partial charge in [0.25, 0.3) is 0 Å². The molecule has 1 saturated carbocycles. The van der Waals surface area contributed by atoms with Gasteiger partial charge in [-0.1, -0.05) is 20.8 Å². The Labute approximate surface area is 159 Å². The minimum Gasteiger partial charge on any atom is -0.378 e. The number of halogens is 2. The Kier molecular flexibility index (Phi) is 9.01. The predicted octanol–water partition coefficient (Wildman–Crippen LogP) is 2.16. The lowest BCUT2D eigenvalue weighted by Gasteiger charge is -2.58. The van der Waals surface area contributed by atoms with Gasteiger partial charge in [-0.15, -0.1) is 24.8 Å². The van der Waals surface area contributed by atoms with E-state index in [1.165, 1.54) is 0 Å². The van der Waals surface area contributed by atoms with E-state index < -0.39 is 5.54 Å². The van der Waals surface area contributed by atoms with Crippen molar-refractivity contribution in [2.45, 2.75) is 52.2 Å². The molecule has 3 atom stereocenters. The van der Waals surface area contributed by atoms with Crippen LogP contribution in [0.25, 0.3) is 0 Å².